The SMILES string of the molecule is CCCCCCCCCC(O)C1CC(C)=CC(C)C1. The maximum absolute atomic E-state index is 10.3. The molecule has 1 heteroatoms. The van der Waals surface area contributed by atoms with E-state index in [4.69, 9.17) is 0 Å². The van der Waals surface area contributed by atoms with Crippen molar-refractivity contribution in [3.8, 4) is 0 Å². The highest BCUT2D eigenvalue weighted by atomic mass is 16.3. The molecule has 3 unspecified atom stereocenters. The summed E-state index contributed by atoms with van der Waals surface area (Å²) in [6, 6.07) is 0. The molecule has 19 heavy (non-hydrogen) atoms. The Hall–Kier alpha value is -0.300. The van der Waals surface area contributed by atoms with Gasteiger partial charge >= 0.3 is 0 Å². The van der Waals surface area contributed by atoms with E-state index in [1.165, 1.54) is 56.9 Å². The topological polar surface area (TPSA) is 20.2 Å². The Bertz CT molecular complexity index is 256. The zero-order chi connectivity index (χ0) is 14.1. The van der Waals surface area contributed by atoms with Crippen LogP contribution < -0.4 is 0 Å². The molecule has 0 aliphatic heterocycles. The van der Waals surface area contributed by atoms with Gasteiger partial charge in [-0.25, -0.2) is 0 Å². The van der Waals surface area contributed by atoms with Gasteiger partial charge in [0.1, 0.15) is 0 Å². The number of rotatable bonds is 9. The Morgan fingerprint density at radius 2 is 1.79 bits per heavy atom. The van der Waals surface area contributed by atoms with E-state index in [-0.39, 0.29) is 6.10 Å². The van der Waals surface area contributed by atoms with E-state index in [1.54, 1.807) is 0 Å². The molecule has 0 fully saturated rings. The molecule has 0 heterocycles. The quantitative estimate of drug-likeness (QED) is 0.433. The summed E-state index contributed by atoms with van der Waals surface area (Å²) in [4.78, 5) is 0. The minimum absolute atomic E-state index is 0.0678. The third kappa shape index (κ3) is 7.15. The van der Waals surface area contributed by atoms with Crippen LogP contribution in [0.4, 0.5) is 0 Å². The van der Waals surface area contributed by atoms with Gasteiger partial charge in [-0.05, 0) is 38.0 Å². The predicted octanol–water partition coefficient (Wildman–Crippen LogP) is 5.48. The first-order chi connectivity index (χ1) is 9.13. The summed E-state index contributed by atoms with van der Waals surface area (Å²) in [6.07, 6.45) is 15.0. The normalized spacial score (nSPS) is 25.2. The van der Waals surface area contributed by atoms with Crippen molar-refractivity contribution < 1.29 is 5.11 Å². The predicted molar refractivity (Wildman–Crippen MR) is 84.3 cm³/mol. The third-order valence-electron chi connectivity index (χ3n) is 4.48. The average Bonchev–Trinajstić information content (AvgIpc) is 2.36. The smallest absolute Gasteiger partial charge is 0.0571 e. The number of aliphatic hydroxyl groups excluding tert-OH is 1. The Kier molecular flexibility index (Phi) is 8.45. The Balaban J connectivity index is 2.08. The fraction of sp³-hybridized carbons (Fsp3) is 0.889. The summed E-state index contributed by atoms with van der Waals surface area (Å²) in [5.74, 6) is 1.17. The molecule has 1 nitrogen and oxygen atoms in total. The van der Waals surface area contributed by atoms with E-state index in [0.717, 1.165) is 12.8 Å². The highest BCUT2D eigenvalue weighted by Crippen LogP contribution is 2.31. The number of hydrogen-bond acceptors (Lipinski definition) is 1. The molecule has 3 atom stereocenters. The van der Waals surface area contributed by atoms with Gasteiger partial charge in [0.2, 0.25) is 0 Å². The molecule has 0 saturated carbocycles. The van der Waals surface area contributed by atoms with Crippen molar-refractivity contribution in [1.82, 2.24) is 0 Å². The number of unbranched alkanes of at least 4 members (excludes halogenated alkanes) is 6. The first kappa shape index (κ1) is 16.8. The van der Waals surface area contributed by atoms with Crippen LogP contribution in [0.1, 0.15) is 85.0 Å². The zero-order valence-electron chi connectivity index (χ0n) is 13.3. The van der Waals surface area contributed by atoms with Crippen LogP contribution in [0.5, 0.6) is 0 Å². The van der Waals surface area contributed by atoms with Gasteiger partial charge in [0.05, 0.1) is 6.10 Å². The Morgan fingerprint density at radius 3 is 2.42 bits per heavy atom. The molecular formula is C18H34O. The number of hydrogen-bond donors (Lipinski definition) is 1. The van der Waals surface area contributed by atoms with Crippen molar-refractivity contribution in [1.29, 1.82) is 0 Å². The molecule has 1 N–H and O–H groups in total. The third-order valence-corrected chi connectivity index (χ3v) is 4.48. The molecule has 112 valence electrons. The largest absolute Gasteiger partial charge is 0.393 e. The Morgan fingerprint density at radius 1 is 1.16 bits per heavy atom. The molecule has 0 aromatic rings. The summed E-state index contributed by atoms with van der Waals surface area (Å²) >= 11 is 0. The van der Waals surface area contributed by atoms with Crippen molar-refractivity contribution in [2.75, 3.05) is 0 Å². The minimum Gasteiger partial charge on any atom is -0.393 e. The van der Waals surface area contributed by atoms with E-state index in [0.29, 0.717) is 11.8 Å². The van der Waals surface area contributed by atoms with Crippen molar-refractivity contribution in [2.45, 2.75) is 91.1 Å². The van der Waals surface area contributed by atoms with Gasteiger partial charge in [-0.15, -0.1) is 0 Å². The van der Waals surface area contributed by atoms with Crippen LogP contribution in [0.2, 0.25) is 0 Å². The maximum Gasteiger partial charge on any atom is 0.0571 e. The van der Waals surface area contributed by atoms with E-state index >= 15 is 0 Å². The first-order valence-corrected chi connectivity index (χ1v) is 8.48. The van der Waals surface area contributed by atoms with Gasteiger partial charge in [-0.3, -0.25) is 0 Å². The molecule has 0 spiro atoms. The molecule has 0 aromatic carbocycles. The fourth-order valence-electron chi connectivity index (χ4n) is 3.44. The number of allylic oxidation sites excluding steroid dienone is 2. The van der Waals surface area contributed by atoms with Crippen LogP contribution in [-0.2, 0) is 0 Å². The van der Waals surface area contributed by atoms with Crippen molar-refractivity contribution in [3.05, 3.63) is 11.6 Å². The molecule has 1 rings (SSSR count). The molecule has 0 saturated heterocycles. The van der Waals surface area contributed by atoms with E-state index < -0.39 is 0 Å². The summed E-state index contributed by atoms with van der Waals surface area (Å²) in [7, 11) is 0. The molecule has 0 radical (unpaired) electrons. The van der Waals surface area contributed by atoms with Gasteiger partial charge in [-0.1, -0.05) is 70.4 Å². The summed E-state index contributed by atoms with van der Waals surface area (Å²) < 4.78 is 0. The summed E-state index contributed by atoms with van der Waals surface area (Å²) in [5.41, 5.74) is 1.47. The fourth-order valence-corrected chi connectivity index (χ4v) is 3.44. The first-order valence-electron chi connectivity index (χ1n) is 8.48. The summed E-state index contributed by atoms with van der Waals surface area (Å²) in [5, 5.41) is 10.3. The maximum atomic E-state index is 10.3. The minimum atomic E-state index is -0.0678. The molecule has 1 aliphatic rings. The highest BCUT2D eigenvalue weighted by Gasteiger charge is 2.24. The molecule has 1 aliphatic carbocycles. The van der Waals surface area contributed by atoms with Gasteiger partial charge in [0, 0.05) is 0 Å². The van der Waals surface area contributed by atoms with E-state index in [9.17, 15) is 5.11 Å². The highest BCUT2D eigenvalue weighted by molar-refractivity contribution is 5.07. The average molecular weight is 266 g/mol. The standard InChI is InChI=1S/C18H34O/c1-4-5-6-7-8-9-10-11-18(19)17-13-15(2)12-16(3)14-17/h12,15,17-19H,4-11,13-14H2,1-3H3. The van der Waals surface area contributed by atoms with Gasteiger partial charge in [-0.2, -0.15) is 0 Å². The van der Waals surface area contributed by atoms with Crippen LogP contribution in [0.3, 0.4) is 0 Å². The lowest BCUT2D eigenvalue weighted by atomic mass is 9.79. The van der Waals surface area contributed by atoms with Gasteiger partial charge in [0.25, 0.3) is 0 Å². The van der Waals surface area contributed by atoms with E-state index in [2.05, 4.69) is 26.8 Å². The molecule has 0 aromatic heterocycles. The monoisotopic (exact) mass is 266 g/mol. The second-order valence-electron chi connectivity index (χ2n) is 6.67. The lowest BCUT2D eigenvalue weighted by molar-refractivity contribution is 0.0824. The second kappa shape index (κ2) is 9.58. The summed E-state index contributed by atoms with van der Waals surface area (Å²) in [6.45, 7) is 6.75. The van der Waals surface area contributed by atoms with Crippen LogP contribution >= 0.6 is 0 Å². The molecule has 0 amide bonds. The van der Waals surface area contributed by atoms with Crippen molar-refractivity contribution >= 4 is 0 Å². The number of aliphatic hydroxyl groups is 1. The van der Waals surface area contributed by atoms with E-state index in [1.807, 2.05) is 0 Å². The van der Waals surface area contributed by atoms with Gasteiger partial charge < -0.3 is 5.11 Å². The Labute approximate surface area is 120 Å². The van der Waals surface area contributed by atoms with Gasteiger partial charge in [0.15, 0.2) is 0 Å². The molecular weight excluding hydrogens is 232 g/mol. The van der Waals surface area contributed by atoms with Crippen LogP contribution in [0, 0.1) is 11.8 Å². The van der Waals surface area contributed by atoms with Crippen LogP contribution in [0.25, 0.3) is 0 Å². The van der Waals surface area contributed by atoms with Crippen molar-refractivity contribution in [2.24, 2.45) is 11.8 Å². The van der Waals surface area contributed by atoms with Crippen LogP contribution in [-0.4, -0.2) is 11.2 Å². The lowest BCUT2D eigenvalue weighted by Gasteiger charge is -2.29. The van der Waals surface area contributed by atoms with Crippen molar-refractivity contribution in [3.63, 3.8) is 0 Å². The lowest BCUT2D eigenvalue weighted by Crippen LogP contribution is -2.25. The zero-order valence-corrected chi connectivity index (χ0v) is 13.3. The molecule has 0 bridgehead atoms. The second-order valence-corrected chi connectivity index (χ2v) is 6.67. The van der Waals surface area contributed by atoms with Crippen LogP contribution in [0.15, 0.2) is 11.6 Å².